The molecule has 0 bridgehead atoms. The van der Waals surface area contributed by atoms with Gasteiger partial charge in [0.15, 0.2) is 0 Å². The largest absolute Gasteiger partial charge is 0.380 e. The van der Waals surface area contributed by atoms with Crippen LogP contribution in [0.4, 0.5) is 11.4 Å². The molecular weight excluding hydrogens is 348 g/mol. The number of nitrogens with one attached hydrogen (secondary N) is 2. The van der Waals surface area contributed by atoms with E-state index in [9.17, 15) is 9.59 Å². The van der Waals surface area contributed by atoms with Gasteiger partial charge in [-0.05, 0) is 31.2 Å². The van der Waals surface area contributed by atoms with E-state index in [0.717, 1.165) is 0 Å². The highest BCUT2D eigenvalue weighted by Crippen LogP contribution is 2.16. The number of hydrogen-bond donors (Lipinski definition) is 3. The van der Waals surface area contributed by atoms with E-state index < -0.39 is 0 Å². The second-order valence-corrected chi connectivity index (χ2v) is 5.17. The summed E-state index contributed by atoms with van der Waals surface area (Å²) in [6.07, 6.45) is 1.23. The van der Waals surface area contributed by atoms with Crippen LogP contribution in [0.3, 0.4) is 0 Å². The molecule has 8 nitrogen and oxygen atoms in total. The molecule has 0 aliphatic carbocycles. The number of halogens is 1. The fourth-order valence-corrected chi connectivity index (χ4v) is 2.03. The lowest BCUT2D eigenvalue weighted by Crippen LogP contribution is -2.28. The first-order valence-corrected chi connectivity index (χ1v) is 7.39. The van der Waals surface area contributed by atoms with Gasteiger partial charge in [0.1, 0.15) is 11.3 Å². The Labute approximate surface area is 151 Å². The Kier molecular flexibility index (Phi) is 8.06. The van der Waals surface area contributed by atoms with Crippen molar-refractivity contribution in [1.82, 2.24) is 5.16 Å². The van der Waals surface area contributed by atoms with Gasteiger partial charge in [-0.15, -0.1) is 12.4 Å². The number of benzene rings is 1. The maximum absolute atomic E-state index is 12.0. The second-order valence-electron chi connectivity index (χ2n) is 5.17. The number of carbonyl (C=O) groups is 2. The molecular formula is C16H21ClN4O4. The van der Waals surface area contributed by atoms with Crippen molar-refractivity contribution in [3.8, 4) is 0 Å². The van der Waals surface area contributed by atoms with Crippen molar-refractivity contribution >= 4 is 35.6 Å². The van der Waals surface area contributed by atoms with Crippen LogP contribution in [0.15, 0.2) is 35.0 Å². The third-order valence-corrected chi connectivity index (χ3v) is 3.43. The van der Waals surface area contributed by atoms with Crippen LogP contribution >= 0.6 is 12.4 Å². The van der Waals surface area contributed by atoms with Gasteiger partial charge >= 0.3 is 0 Å². The molecule has 4 N–H and O–H groups in total. The second kappa shape index (κ2) is 9.77. The van der Waals surface area contributed by atoms with Gasteiger partial charge < -0.3 is 25.6 Å². The van der Waals surface area contributed by atoms with Crippen molar-refractivity contribution in [3.63, 3.8) is 0 Å². The lowest BCUT2D eigenvalue weighted by molar-refractivity contribution is -0.118. The van der Waals surface area contributed by atoms with E-state index in [0.29, 0.717) is 22.7 Å². The Morgan fingerprint density at radius 2 is 1.84 bits per heavy atom. The van der Waals surface area contributed by atoms with Gasteiger partial charge in [0.2, 0.25) is 5.91 Å². The normalized spacial score (nSPS) is 11.3. The van der Waals surface area contributed by atoms with Gasteiger partial charge in [-0.25, -0.2) is 0 Å². The quantitative estimate of drug-likeness (QED) is 0.687. The number of nitrogens with two attached hydrogens (primary N) is 1. The van der Waals surface area contributed by atoms with Crippen LogP contribution in [-0.2, 0) is 9.53 Å². The summed E-state index contributed by atoms with van der Waals surface area (Å²) < 4.78 is 9.93. The number of amides is 2. The Morgan fingerprint density at radius 3 is 2.32 bits per heavy atom. The minimum Gasteiger partial charge on any atom is -0.380 e. The molecule has 0 spiro atoms. The summed E-state index contributed by atoms with van der Waals surface area (Å²) in [5.74, 6) is -0.0513. The van der Waals surface area contributed by atoms with E-state index in [1.165, 1.54) is 13.3 Å². The topological polar surface area (TPSA) is 119 Å². The Bertz CT molecular complexity index is 698. The number of hydrogen-bond acceptors (Lipinski definition) is 6. The molecule has 0 fully saturated rings. The van der Waals surface area contributed by atoms with Crippen LogP contribution in [0.2, 0.25) is 0 Å². The fraction of sp³-hybridized carbons (Fsp3) is 0.312. The first-order chi connectivity index (χ1) is 11.5. The molecule has 0 saturated carbocycles. The van der Waals surface area contributed by atoms with Gasteiger partial charge in [0.05, 0.1) is 18.7 Å². The predicted molar refractivity (Wildman–Crippen MR) is 96.0 cm³/mol. The number of ether oxygens (including phenoxy) is 1. The molecule has 0 saturated heterocycles. The van der Waals surface area contributed by atoms with Gasteiger partial charge in [-0.2, -0.15) is 0 Å². The standard InChI is InChI=1S/C16H20N4O4.ClH/c1-10-14(9-18-24-10)16(22)20-12-5-3-11(4-6-12)19-15(21)7-13(8-17)23-2;/h3-6,9,13H,7-8,17H2,1-2H3,(H,19,21)(H,20,22);1H. The molecule has 9 heteroatoms. The summed E-state index contributed by atoms with van der Waals surface area (Å²) in [6.45, 7) is 1.94. The third kappa shape index (κ3) is 5.86. The average Bonchev–Trinajstić information content (AvgIpc) is 3.00. The molecule has 0 radical (unpaired) electrons. The molecule has 1 atom stereocenters. The van der Waals surface area contributed by atoms with Gasteiger partial charge in [0.25, 0.3) is 5.91 Å². The van der Waals surface area contributed by atoms with Crippen LogP contribution in [0.5, 0.6) is 0 Å². The smallest absolute Gasteiger partial charge is 0.260 e. The lowest BCUT2D eigenvalue weighted by Gasteiger charge is -2.13. The SMILES string of the molecule is COC(CN)CC(=O)Nc1ccc(NC(=O)c2cnoc2C)cc1.Cl. The molecule has 1 aromatic heterocycles. The zero-order valence-corrected chi connectivity index (χ0v) is 14.8. The fourth-order valence-electron chi connectivity index (χ4n) is 2.03. The summed E-state index contributed by atoms with van der Waals surface area (Å²) in [4.78, 5) is 23.9. The van der Waals surface area contributed by atoms with Gasteiger partial charge in [0, 0.05) is 25.0 Å². The van der Waals surface area contributed by atoms with E-state index >= 15 is 0 Å². The Balaban J connectivity index is 0.00000312. The molecule has 2 amide bonds. The number of aromatic nitrogens is 1. The molecule has 25 heavy (non-hydrogen) atoms. The summed E-state index contributed by atoms with van der Waals surface area (Å²) in [6, 6.07) is 6.76. The maximum atomic E-state index is 12.0. The zero-order valence-electron chi connectivity index (χ0n) is 13.9. The average molecular weight is 369 g/mol. The Hall–Kier alpha value is -2.42. The number of nitrogens with zero attached hydrogens (tertiary/aromatic N) is 1. The maximum Gasteiger partial charge on any atom is 0.260 e. The van der Waals surface area contributed by atoms with Gasteiger partial charge in [-0.3, -0.25) is 9.59 Å². The van der Waals surface area contributed by atoms with Crippen molar-refractivity contribution in [2.45, 2.75) is 19.4 Å². The van der Waals surface area contributed by atoms with Crippen molar-refractivity contribution < 1.29 is 18.8 Å². The summed E-state index contributed by atoms with van der Waals surface area (Å²) in [5.41, 5.74) is 7.07. The number of carbonyl (C=O) groups excluding carboxylic acids is 2. The van der Waals surface area contributed by atoms with Crippen LogP contribution in [-0.4, -0.2) is 36.7 Å². The molecule has 1 unspecified atom stereocenters. The summed E-state index contributed by atoms with van der Waals surface area (Å²) in [7, 11) is 1.51. The highest BCUT2D eigenvalue weighted by molar-refractivity contribution is 6.04. The van der Waals surface area contributed by atoms with E-state index in [-0.39, 0.29) is 43.3 Å². The van der Waals surface area contributed by atoms with E-state index in [1.807, 2.05) is 0 Å². The molecule has 2 rings (SSSR count). The Morgan fingerprint density at radius 1 is 1.24 bits per heavy atom. The van der Waals surface area contributed by atoms with Crippen molar-refractivity contribution in [2.75, 3.05) is 24.3 Å². The van der Waals surface area contributed by atoms with Crippen LogP contribution in [0.25, 0.3) is 0 Å². The highest BCUT2D eigenvalue weighted by Gasteiger charge is 2.14. The highest BCUT2D eigenvalue weighted by atomic mass is 35.5. The van der Waals surface area contributed by atoms with Crippen molar-refractivity contribution in [1.29, 1.82) is 0 Å². The van der Waals surface area contributed by atoms with Crippen molar-refractivity contribution in [3.05, 3.63) is 41.8 Å². The first kappa shape index (κ1) is 20.6. The van der Waals surface area contributed by atoms with Crippen LogP contribution in [0.1, 0.15) is 22.5 Å². The monoisotopic (exact) mass is 368 g/mol. The minimum absolute atomic E-state index is 0. The van der Waals surface area contributed by atoms with Crippen molar-refractivity contribution in [2.24, 2.45) is 5.73 Å². The van der Waals surface area contributed by atoms with Gasteiger partial charge in [-0.1, -0.05) is 5.16 Å². The molecule has 0 aliphatic heterocycles. The third-order valence-electron chi connectivity index (χ3n) is 3.43. The summed E-state index contributed by atoms with van der Waals surface area (Å²) >= 11 is 0. The number of anilines is 2. The summed E-state index contributed by atoms with van der Waals surface area (Å²) in [5, 5.41) is 9.04. The van der Waals surface area contributed by atoms with Crippen LogP contribution in [0, 0.1) is 6.92 Å². The van der Waals surface area contributed by atoms with E-state index in [4.69, 9.17) is 15.0 Å². The minimum atomic E-state index is -0.310. The van der Waals surface area contributed by atoms with E-state index in [1.54, 1.807) is 31.2 Å². The molecule has 0 aliphatic rings. The molecule has 1 heterocycles. The number of aryl methyl sites for hydroxylation is 1. The molecule has 1 aromatic carbocycles. The predicted octanol–water partition coefficient (Wildman–Crippen LogP) is 1.96. The first-order valence-electron chi connectivity index (χ1n) is 7.39. The number of methoxy groups -OCH3 is 1. The van der Waals surface area contributed by atoms with Crippen LogP contribution < -0.4 is 16.4 Å². The van der Waals surface area contributed by atoms with E-state index in [2.05, 4.69) is 15.8 Å². The lowest BCUT2D eigenvalue weighted by atomic mass is 10.2. The molecule has 2 aromatic rings. The zero-order chi connectivity index (χ0) is 17.5. The number of rotatable bonds is 7. The molecule has 136 valence electrons.